The number of hydrogen-bond donors (Lipinski definition) is 0. The number of ketones is 1. The van der Waals surface area contributed by atoms with Crippen molar-refractivity contribution in [1.29, 1.82) is 0 Å². The number of nitro benzene ring substituents is 1. The summed E-state index contributed by atoms with van der Waals surface area (Å²) in [7, 11) is 0. The second kappa shape index (κ2) is 7.37. The molecule has 0 fully saturated rings. The minimum absolute atomic E-state index is 0.0912. The topological polar surface area (TPSA) is 80.5 Å². The Bertz CT molecular complexity index is 1140. The Labute approximate surface area is 177 Å². The van der Waals surface area contributed by atoms with Crippen LogP contribution in [-0.4, -0.2) is 16.6 Å². The van der Waals surface area contributed by atoms with E-state index in [9.17, 15) is 28.5 Å². The van der Waals surface area contributed by atoms with E-state index in [4.69, 9.17) is 0 Å². The van der Waals surface area contributed by atoms with Gasteiger partial charge in [0.1, 0.15) is 11.6 Å². The van der Waals surface area contributed by atoms with Crippen LogP contribution < -0.4 is 4.90 Å². The zero-order valence-electron chi connectivity index (χ0n) is 17.0. The summed E-state index contributed by atoms with van der Waals surface area (Å²) >= 11 is 0. The van der Waals surface area contributed by atoms with Gasteiger partial charge in [0.2, 0.25) is 5.91 Å². The molecule has 8 heteroatoms. The average molecular weight is 426 g/mol. The summed E-state index contributed by atoms with van der Waals surface area (Å²) < 4.78 is 28.0. The molecule has 0 saturated heterocycles. The zero-order chi connectivity index (χ0) is 22.5. The molecule has 4 rings (SSSR count). The molecule has 0 bridgehead atoms. The average Bonchev–Trinajstić information content (AvgIpc) is 2.67. The maximum Gasteiger partial charge on any atom is 0.269 e. The van der Waals surface area contributed by atoms with E-state index in [1.165, 1.54) is 23.1 Å². The monoisotopic (exact) mass is 426 g/mol. The summed E-state index contributed by atoms with van der Waals surface area (Å²) in [5.41, 5.74) is 0.807. The van der Waals surface area contributed by atoms with Crippen LogP contribution >= 0.6 is 0 Å². The number of anilines is 1. The van der Waals surface area contributed by atoms with Crippen molar-refractivity contribution < 1.29 is 23.3 Å². The standard InChI is InChI=1S/C23H20F2N2O4/c1-23(2)11-19-22(20(28)12-23)16(13-3-6-15(7-4-13)27(30)31)10-21(29)26(19)18-8-5-14(24)9-17(18)25/h3-9,16H,10-12H2,1-2H3/t16-/m1/s1. The van der Waals surface area contributed by atoms with Crippen molar-refractivity contribution in [2.45, 2.75) is 39.0 Å². The van der Waals surface area contributed by atoms with Gasteiger partial charge in [-0.15, -0.1) is 0 Å². The fraction of sp³-hybridized carbons (Fsp3) is 0.304. The zero-order valence-corrected chi connectivity index (χ0v) is 17.0. The first-order chi connectivity index (χ1) is 14.6. The fourth-order valence-electron chi connectivity index (χ4n) is 4.47. The number of allylic oxidation sites excluding steroid dienone is 2. The van der Waals surface area contributed by atoms with E-state index in [0.717, 1.165) is 6.07 Å². The third-order valence-electron chi connectivity index (χ3n) is 5.80. The number of benzene rings is 2. The lowest BCUT2D eigenvalue weighted by Crippen LogP contribution is -2.44. The van der Waals surface area contributed by atoms with Crippen LogP contribution in [0.15, 0.2) is 53.7 Å². The van der Waals surface area contributed by atoms with Crippen LogP contribution in [0, 0.1) is 27.2 Å². The smallest absolute Gasteiger partial charge is 0.269 e. The predicted molar refractivity (Wildman–Crippen MR) is 109 cm³/mol. The Balaban J connectivity index is 1.88. The highest BCUT2D eigenvalue weighted by Crippen LogP contribution is 2.48. The van der Waals surface area contributed by atoms with Gasteiger partial charge in [0.15, 0.2) is 5.78 Å². The summed E-state index contributed by atoms with van der Waals surface area (Å²) in [6.45, 7) is 3.79. The molecule has 2 aromatic rings. The Hall–Kier alpha value is -3.42. The maximum atomic E-state index is 14.6. The van der Waals surface area contributed by atoms with Gasteiger partial charge >= 0.3 is 0 Å². The van der Waals surface area contributed by atoms with Gasteiger partial charge in [-0.05, 0) is 29.5 Å². The number of carbonyl (C=O) groups is 2. The highest BCUT2D eigenvalue weighted by molar-refractivity contribution is 6.07. The second-order valence-electron chi connectivity index (χ2n) is 8.73. The number of carbonyl (C=O) groups excluding carboxylic acids is 2. The molecule has 0 N–H and O–H groups in total. The Morgan fingerprint density at radius 2 is 1.74 bits per heavy atom. The highest BCUT2D eigenvalue weighted by Gasteiger charge is 2.44. The van der Waals surface area contributed by atoms with Crippen molar-refractivity contribution in [3.8, 4) is 0 Å². The van der Waals surface area contributed by atoms with Crippen LogP contribution in [-0.2, 0) is 9.59 Å². The molecule has 0 aromatic heterocycles. The van der Waals surface area contributed by atoms with E-state index >= 15 is 0 Å². The first kappa shape index (κ1) is 20.8. The van der Waals surface area contributed by atoms with Crippen LogP contribution in [0.5, 0.6) is 0 Å². The number of nitrogens with zero attached hydrogens (tertiary/aromatic N) is 2. The summed E-state index contributed by atoms with van der Waals surface area (Å²) in [4.78, 5) is 38.0. The molecule has 6 nitrogen and oxygen atoms in total. The summed E-state index contributed by atoms with van der Waals surface area (Å²) in [5, 5.41) is 11.0. The van der Waals surface area contributed by atoms with Crippen LogP contribution in [0.25, 0.3) is 0 Å². The van der Waals surface area contributed by atoms with Crippen LogP contribution in [0.4, 0.5) is 20.2 Å². The molecule has 2 aliphatic rings. The van der Waals surface area contributed by atoms with Crippen molar-refractivity contribution in [1.82, 2.24) is 0 Å². The molecule has 160 valence electrons. The number of halogens is 2. The van der Waals surface area contributed by atoms with Gasteiger partial charge in [-0.1, -0.05) is 26.0 Å². The van der Waals surface area contributed by atoms with E-state index in [0.29, 0.717) is 29.3 Å². The molecule has 1 aliphatic carbocycles. The van der Waals surface area contributed by atoms with Crippen molar-refractivity contribution >= 4 is 23.1 Å². The number of non-ortho nitro benzene ring substituents is 1. The first-order valence-electron chi connectivity index (χ1n) is 9.86. The number of nitro groups is 1. The lowest BCUT2D eigenvalue weighted by atomic mass is 9.69. The largest absolute Gasteiger partial charge is 0.294 e. The van der Waals surface area contributed by atoms with Crippen LogP contribution in [0.1, 0.15) is 44.6 Å². The molecule has 0 unspecified atom stereocenters. The molecule has 0 radical (unpaired) electrons. The summed E-state index contributed by atoms with van der Waals surface area (Å²) in [5.74, 6) is -2.78. The van der Waals surface area contributed by atoms with Gasteiger partial charge in [-0.3, -0.25) is 24.6 Å². The van der Waals surface area contributed by atoms with Gasteiger partial charge in [0, 0.05) is 48.2 Å². The second-order valence-corrected chi connectivity index (χ2v) is 8.73. The lowest BCUT2D eigenvalue weighted by Gasteiger charge is -2.43. The Kier molecular flexibility index (Phi) is 4.95. The SMILES string of the molecule is CC1(C)CC(=O)C2=C(C1)N(c1ccc(F)cc1F)C(=O)C[C@@H]2c1ccc([N+](=O)[O-])cc1. The van der Waals surface area contributed by atoms with Gasteiger partial charge in [-0.2, -0.15) is 0 Å². The van der Waals surface area contributed by atoms with Crippen LogP contribution in [0.2, 0.25) is 0 Å². The quantitative estimate of drug-likeness (QED) is 0.509. The number of hydrogen-bond acceptors (Lipinski definition) is 4. The molecule has 0 saturated carbocycles. The summed E-state index contributed by atoms with van der Waals surface area (Å²) in [6, 6.07) is 8.74. The molecule has 1 amide bonds. The predicted octanol–water partition coefficient (Wildman–Crippen LogP) is 5.04. The first-order valence-corrected chi connectivity index (χ1v) is 9.86. The van der Waals surface area contributed by atoms with Crippen molar-refractivity contribution in [2.24, 2.45) is 5.41 Å². The fourth-order valence-corrected chi connectivity index (χ4v) is 4.47. The van der Waals surface area contributed by atoms with E-state index in [1.54, 1.807) is 12.1 Å². The lowest BCUT2D eigenvalue weighted by molar-refractivity contribution is -0.384. The molecule has 1 aliphatic heterocycles. The maximum absolute atomic E-state index is 14.6. The normalized spacial score (nSPS) is 20.6. The molecule has 2 aromatic carbocycles. The van der Waals surface area contributed by atoms with Gasteiger partial charge in [0.05, 0.1) is 10.6 Å². The van der Waals surface area contributed by atoms with E-state index in [1.807, 2.05) is 13.8 Å². The van der Waals surface area contributed by atoms with Crippen molar-refractivity contribution in [2.75, 3.05) is 4.90 Å². The van der Waals surface area contributed by atoms with Gasteiger partial charge in [-0.25, -0.2) is 8.78 Å². The van der Waals surface area contributed by atoms with Crippen molar-refractivity contribution in [3.63, 3.8) is 0 Å². The number of Topliss-reactive ketones (excluding diaryl/α,β-unsaturated/α-hetero) is 1. The van der Waals surface area contributed by atoms with E-state index < -0.39 is 33.8 Å². The Morgan fingerprint density at radius 1 is 1.06 bits per heavy atom. The molecular weight excluding hydrogens is 406 g/mol. The molecule has 1 atom stereocenters. The molecule has 0 spiro atoms. The van der Waals surface area contributed by atoms with Gasteiger partial charge in [0.25, 0.3) is 5.69 Å². The highest BCUT2D eigenvalue weighted by atomic mass is 19.1. The third kappa shape index (κ3) is 3.73. The van der Waals surface area contributed by atoms with Crippen molar-refractivity contribution in [3.05, 3.63) is 81.0 Å². The van der Waals surface area contributed by atoms with E-state index in [2.05, 4.69) is 0 Å². The molecule has 1 heterocycles. The van der Waals surface area contributed by atoms with Gasteiger partial charge < -0.3 is 0 Å². The minimum Gasteiger partial charge on any atom is -0.294 e. The third-order valence-corrected chi connectivity index (χ3v) is 5.80. The number of rotatable bonds is 3. The minimum atomic E-state index is -0.884. The summed E-state index contributed by atoms with van der Waals surface area (Å²) in [6.07, 6.45) is 0.531. The van der Waals surface area contributed by atoms with E-state index in [-0.39, 0.29) is 30.0 Å². The number of amides is 1. The van der Waals surface area contributed by atoms with Crippen LogP contribution in [0.3, 0.4) is 0 Å². The molecule has 31 heavy (non-hydrogen) atoms. The Morgan fingerprint density at radius 3 is 2.35 bits per heavy atom. The molecular formula is C23H20F2N2O4.